The Bertz CT molecular complexity index is 1010. The predicted octanol–water partition coefficient (Wildman–Crippen LogP) is 2.09. The summed E-state index contributed by atoms with van der Waals surface area (Å²) in [6, 6.07) is 14.5. The van der Waals surface area contributed by atoms with Gasteiger partial charge in [-0.1, -0.05) is 36.4 Å². The molecule has 2 aromatic rings. The molecule has 0 saturated heterocycles. The van der Waals surface area contributed by atoms with Gasteiger partial charge in [-0.3, -0.25) is 4.79 Å². The highest BCUT2D eigenvalue weighted by molar-refractivity contribution is 6.19. The number of benzene rings is 2. The maximum Gasteiger partial charge on any atom is 0.339 e. The van der Waals surface area contributed by atoms with Crippen LogP contribution in [0, 0.1) is 0 Å². The zero-order valence-electron chi connectivity index (χ0n) is 15.3. The second-order valence-corrected chi connectivity index (χ2v) is 6.38. The highest BCUT2D eigenvalue weighted by Gasteiger charge is 2.63. The number of carbonyl (C=O) groups excluding carboxylic acids is 3. The van der Waals surface area contributed by atoms with Crippen molar-refractivity contribution < 1.29 is 28.6 Å². The zero-order chi connectivity index (χ0) is 19.9. The lowest BCUT2D eigenvalue weighted by molar-refractivity contribution is -0.157. The summed E-state index contributed by atoms with van der Waals surface area (Å²) in [6.07, 6.45) is 1.01. The van der Waals surface area contributed by atoms with Crippen LogP contribution in [0.1, 0.15) is 11.1 Å². The summed E-state index contributed by atoms with van der Waals surface area (Å²) in [6.45, 7) is 0.244. The molecule has 0 bridgehead atoms. The third-order valence-corrected chi connectivity index (χ3v) is 4.90. The van der Waals surface area contributed by atoms with Gasteiger partial charge in [-0.2, -0.15) is 0 Å². The van der Waals surface area contributed by atoms with Crippen molar-refractivity contribution in [3.63, 3.8) is 0 Å². The summed E-state index contributed by atoms with van der Waals surface area (Å²) in [5.41, 5.74) is -0.361. The maximum absolute atomic E-state index is 13.6. The summed E-state index contributed by atoms with van der Waals surface area (Å²) < 4.78 is 15.7. The molecule has 1 atom stereocenters. The SMILES string of the molecule is COC(=O)C1=CC(=O)OC12C(=O)N(Cc1ccccc1)c1cccc(OC)c12. The predicted molar refractivity (Wildman–Crippen MR) is 98.5 cm³/mol. The van der Waals surface area contributed by atoms with Gasteiger partial charge in [-0.25, -0.2) is 9.59 Å². The highest BCUT2D eigenvalue weighted by Crippen LogP contribution is 2.53. The number of methoxy groups -OCH3 is 2. The van der Waals surface area contributed by atoms with Crippen LogP contribution in [0.15, 0.2) is 60.2 Å². The number of fused-ring (bicyclic) bond motifs is 2. The Morgan fingerprint density at radius 3 is 2.50 bits per heavy atom. The van der Waals surface area contributed by atoms with Crippen molar-refractivity contribution in [3.8, 4) is 5.75 Å². The molecule has 7 nitrogen and oxygen atoms in total. The number of esters is 2. The van der Waals surface area contributed by atoms with E-state index in [4.69, 9.17) is 14.2 Å². The molecule has 1 unspecified atom stereocenters. The van der Waals surface area contributed by atoms with E-state index in [1.165, 1.54) is 19.1 Å². The van der Waals surface area contributed by atoms with E-state index < -0.39 is 23.4 Å². The van der Waals surface area contributed by atoms with Crippen molar-refractivity contribution in [3.05, 3.63) is 71.3 Å². The first-order valence-electron chi connectivity index (χ1n) is 8.59. The van der Waals surface area contributed by atoms with Gasteiger partial charge in [0.2, 0.25) is 0 Å². The molecule has 0 fully saturated rings. The highest BCUT2D eigenvalue weighted by atomic mass is 16.6. The van der Waals surface area contributed by atoms with Crippen molar-refractivity contribution in [2.24, 2.45) is 0 Å². The Morgan fingerprint density at radius 1 is 1.07 bits per heavy atom. The van der Waals surface area contributed by atoms with Gasteiger partial charge in [0, 0.05) is 6.08 Å². The molecule has 1 spiro atoms. The molecular weight excluding hydrogens is 362 g/mol. The van der Waals surface area contributed by atoms with Crippen LogP contribution in [0.2, 0.25) is 0 Å². The Labute approximate surface area is 161 Å². The number of carbonyl (C=O) groups is 3. The van der Waals surface area contributed by atoms with E-state index in [2.05, 4.69) is 0 Å². The standard InChI is InChI=1S/C21H17NO6/c1-26-16-10-6-9-15-18(16)21(14(19(24)27-2)11-17(23)28-21)20(25)22(15)12-13-7-4-3-5-8-13/h3-11H,12H2,1-2H3. The first kappa shape index (κ1) is 17.8. The van der Waals surface area contributed by atoms with Gasteiger partial charge in [-0.05, 0) is 17.7 Å². The fourth-order valence-corrected chi connectivity index (χ4v) is 3.71. The van der Waals surface area contributed by atoms with Crippen molar-refractivity contribution in [2.75, 3.05) is 19.1 Å². The normalized spacial score (nSPS) is 20.1. The van der Waals surface area contributed by atoms with Crippen molar-refractivity contribution >= 4 is 23.5 Å². The number of hydrogen-bond donors (Lipinski definition) is 0. The molecule has 142 valence electrons. The van der Waals surface area contributed by atoms with Gasteiger partial charge >= 0.3 is 11.9 Å². The molecule has 2 aromatic carbocycles. The molecule has 0 aliphatic carbocycles. The Kier molecular flexibility index (Phi) is 4.15. The number of hydrogen-bond acceptors (Lipinski definition) is 6. The molecule has 2 aliphatic heterocycles. The van der Waals surface area contributed by atoms with Gasteiger partial charge in [0.1, 0.15) is 11.3 Å². The average molecular weight is 379 g/mol. The third kappa shape index (κ3) is 2.40. The van der Waals surface area contributed by atoms with E-state index in [0.29, 0.717) is 17.0 Å². The molecule has 0 N–H and O–H groups in total. The average Bonchev–Trinajstić information content (AvgIpc) is 3.19. The van der Waals surface area contributed by atoms with Crippen LogP contribution >= 0.6 is 0 Å². The van der Waals surface area contributed by atoms with Gasteiger partial charge in [0.25, 0.3) is 11.5 Å². The summed E-state index contributed by atoms with van der Waals surface area (Å²) in [5, 5.41) is 0. The van der Waals surface area contributed by atoms with Gasteiger partial charge < -0.3 is 19.1 Å². The molecule has 0 saturated carbocycles. The number of amides is 1. The first-order chi connectivity index (χ1) is 13.5. The summed E-state index contributed by atoms with van der Waals surface area (Å²) in [5.74, 6) is -1.80. The molecule has 2 aliphatic rings. The molecule has 0 aromatic heterocycles. The van der Waals surface area contributed by atoms with E-state index in [1.807, 2.05) is 30.3 Å². The lowest BCUT2D eigenvalue weighted by atomic mass is 9.87. The molecule has 2 heterocycles. The molecule has 4 rings (SSSR count). The second kappa shape index (κ2) is 6.53. The summed E-state index contributed by atoms with van der Waals surface area (Å²) >= 11 is 0. The van der Waals surface area contributed by atoms with Crippen LogP contribution in [-0.2, 0) is 36.0 Å². The molecular formula is C21H17NO6. The number of ether oxygens (including phenoxy) is 3. The van der Waals surface area contributed by atoms with Crippen LogP contribution < -0.4 is 9.64 Å². The van der Waals surface area contributed by atoms with E-state index in [0.717, 1.165) is 11.6 Å². The minimum Gasteiger partial charge on any atom is -0.496 e. The fraction of sp³-hybridized carbons (Fsp3) is 0.190. The molecule has 28 heavy (non-hydrogen) atoms. The lowest BCUT2D eigenvalue weighted by Crippen LogP contribution is -2.44. The van der Waals surface area contributed by atoms with E-state index >= 15 is 0 Å². The Morgan fingerprint density at radius 2 is 1.82 bits per heavy atom. The lowest BCUT2D eigenvalue weighted by Gasteiger charge is -2.25. The Hall–Kier alpha value is -3.61. The number of rotatable bonds is 4. The fourth-order valence-electron chi connectivity index (χ4n) is 3.71. The summed E-state index contributed by atoms with van der Waals surface area (Å²) in [4.78, 5) is 39.6. The van der Waals surface area contributed by atoms with Crippen molar-refractivity contribution in [1.82, 2.24) is 0 Å². The van der Waals surface area contributed by atoms with Crippen LogP contribution in [-0.4, -0.2) is 32.1 Å². The monoisotopic (exact) mass is 379 g/mol. The molecule has 7 heteroatoms. The first-order valence-corrected chi connectivity index (χ1v) is 8.59. The van der Waals surface area contributed by atoms with Crippen LogP contribution in [0.3, 0.4) is 0 Å². The van der Waals surface area contributed by atoms with Gasteiger partial charge in [-0.15, -0.1) is 0 Å². The van der Waals surface area contributed by atoms with Crippen LogP contribution in [0.25, 0.3) is 0 Å². The van der Waals surface area contributed by atoms with E-state index in [9.17, 15) is 14.4 Å². The number of nitrogens with zero attached hydrogens (tertiary/aromatic N) is 1. The van der Waals surface area contributed by atoms with Gasteiger partial charge in [0.05, 0.1) is 32.0 Å². The quantitative estimate of drug-likeness (QED) is 0.757. The minimum atomic E-state index is -1.92. The van der Waals surface area contributed by atoms with E-state index in [1.54, 1.807) is 18.2 Å². The molecule has 0 radical (unpaired) electrons. The largest absolute Gasteiger partial charge is 0.496 e. The Balaban J connectivity index is 1.92. The van der Waals surface area contributed by atoms with Crippen LogP contribution in [0.4, 0.5) is 5.69 Å². The van der Waals surface area contributed by atoms with Gasteiger partial charge in [0.15, 0.2) is 0 Å². The smallest absolute Gasteiger partial charge is 0.339 e. The topological polar surface area (TPSA) is 82.1 Å². The minimum absolute atomic E-state index is 0.161. The summed E-state index contributed by atoms with van der Waals surface area (Å²) in [7, 11) is 2.63. The van der Waals surface area contributed by atoms with Crippen molar-refractivity contribution in [1.29, 1.82) is 0 Å². The zero-order valence-corrected chi connectivity index (χ0v) is 15.3. The van der Waals surface area contributed by atoms with E-state index in [-0.39, 0.29) is 12.1 Å². The van der Waals surface area contributed by atoms with Crippen LogP contribution in [0.5, 0.6) is 5.75 Å². The molecule has 1 amide bonds. The third-order valence-electron chi connectivity index (χ3n) is 4.90. The maximum atomic E-state index is 13.6. The van der Waals surface area contributed by atoms with Crippen molar-refractivity contribution in [2.45, 2.75) is 12.1 Å². The number of anilines is 1. The second-order valence-electron chi connectivity index (χ2n) is 6.38.